The van der Waals surface area contributed by atoms with Crippen molar-refractivity contribution in [1.29, 1.82) is 0 Å². The van der Waals surface area contributed by atoms with Gasteiger partial charge in [0.25, 0.3) is 5.56 Å². The summed E-state index contributed by atoms with van der Waals surface area (Å²) in [6, 6.07) is 15.8. The number of carbonyl (C=O) groups is 2. The molecule has 29 heavy (non-hydrogen) atoms. The SMILES string of the molecule is O=CNc1ccnc(C2CCCN(c3ccc(-n4ccccc4=O)cc3)C2=O)c1. The van der Waals surface area contributed by atoms with E-state index in [0.717, 1.165) is 17.8 Å². The number of piperidine rings is 1. The number of pyridine rings is 2. The van der Waals surface area contributed by atoms with E-state index in [2.05, 4.69) is 10.3 Å². The summed E-state index contributed by atoms with van der Waals surface area (Å²) >= 11 is 0. The molecule has 2 amide bonds. The first-order valence-corrected chi connectivity index (χ1v) is 9.43. The lowest BCUT2D eigenvalue weighted by Gasteiger charge is -2.32. The largest absolute Gasteiger partial charge is 0.329 e. The fraction of sp³-hybridized carbons (Fsp3) is 0.182. The van der Waals surface area contributed by atoms with E-state index in [9.17, 15) is 14.4 Å². The fourth-order valence-electron chi connectivity index (χ4n) is 3.64. The zero-order valence-electron chi connectivity index (χ0n) is 15.7. The first kappa shape index (κ1) is 18.6. The lowest BCUT2D eigenvalue weighted by molar-refractivity contribution is -0.121. The van der Waals surface area contributed by atoms with Crippen LogP contribution in [0, 0.1) is 0 Å². The summed E-state index contributed by atoms with van der Waals surface area (Å²) < 4.78 is 1.56. The van der Waals surface area contributed by atoms with Crippen LogP contribution in [0.4, 0.5) is 11.4 Å². The van der Waals surface area contributed by atoms with Gasteiger partial charge < -0.3 is 10.2 Å². The topological polar surface area (TPSA) is 84.3 Å². The van der Waals surface area contributed by atoms with Gasteiger partial charge in [0, 0.05) is 42.1 Å². The van der Waals surface area contributed by atoms with Gasteiger partial charge in [0.15, 0.2) is 0 Å². The average Bonchev–Trinajstić information content (AvgIpc) is 2.75. The molecule has 0 saturated carbocycles. The van der Waals surface area contributed by atoms with Gasteiger partial charge in [-0.2, -0.15) is 0 Å². The number of benzene rings is 1. The van der Waals surface area contributed by atoms with Crippen LogP contribution in [0.5, 0.6) is 0 Å². The molecule has 1 atom stereocenters. The summed E-state index contributed by atoms with van der Waals surface area (Å²) in [4.78, 5) is 41.9. The van der Waals surface area contributed by atoms with Crippen LogP contribution in [0.1, 0.15) is 24.5 Å². The molecule has 1 aliphatic heterocycles. The van der Waals surface area contributed by atoms with Crippen molar-refractivity contribution in [3.63, 3.8) is 0 Å². The quantitative estimate of drug-likeness (QED) is 0.681. The molecule has 2 aromatic heterocycles. The highest BCUT2D eigenvalue weighted by atomic mass is 16.2. The Balaban J connectivity index is 1.58. The van der Waals surface area contributed by atoms with Crippen LogP contribution in [0.2, 0.25) is 0 Å². The Morgan fingerprint density at radius 3 is 2.59 bits per heavy atom. The van der Waals surface area contributed by atoms with Gasteiger partial charge in [-0.15, -0.1) is 0 Å². The molecule has 1 saturated heterocycles. The Bertz CT molecular complexity index is 1090. The first-order valence-electron chi connectivity index (χ1n) is 9.43. The maximum absolute atomic E-state index is 13.1. The third-order valence-electron chi connectivity index (χ3n) is 5.06. The molecule has 1 aliphatic rings. The molecule has 0 bridgehead atoms. The Morgan fingerprint density at radius 1 is 1.03 bits per heavy atom. The van der Waals surface area contributed by atoms with E-state index < -0.39 is 0 Å². The molecule has 4 rings (SSSR count). The average molecular weight is 388 g/mol. The van der Waals surface area contributed by atoms with Gasteiger partial charge >= 0.3 is 0 Å². The molecule has 7 nitrogen and oxygen atoms in total. The summed E-state index contributed by atoms with van der Waals surface area (Å²) in [7, 11) is 0. The Kier molecular flexibility index (Phi) is 5.20. The van der Waals surface area contributed by atoms with Gasteiger partial charge in [-0.05, 0) is 55.3 Å². The normalized spacial score (nSPS) is 16.5. The Morgan fingerprint density at radius 2 is 1.83 bits per heavy atom. The number of rotatable bonds is 5. The predicted molar refractivity (Wildman–Crippen MR) is 110 cm³/mol. The molecule has 1 unspecified atom stereocenters. The van der Waals surface area contributed by atoms with Crippen molar-refractivity contribution in [3.05, 3.63) is 83.0 Å². The fourth-order valence-corrected chi connectivity index (χ4v) is 3.64. The molecule has 3 heterocycles. The Hall–Kier alpha value is -3.74. The minimum Gasteiger partial charge on any atom is -0.329 e. The van der Waals surface area contributed by atoms with Crippen molar-refractivity contribution in [1.82, 2.24) is 9.55 Å². The second-order valence-corrected chi connectivity index (χ2v) is 6.84. The van der Waals surface area contributed by atoms with Crippen LogP contribution < -0.4 is 15.8 Å². The van der Waals surface area contributed by atoms with Crippen LogP contribution in [0.3, 0.4) is 0 Å². The van der Waals surface area contributed by atoms with Crippen LogP contribution in [-0.2, 0) is 9.59 Å². The van der Waals surface area contributed by atoms with Crippen molar-refractivity contribution < 1.29 is 9.59 Å². The smallest absolute Gasteiger partial charge is 0.255 e. The van der Waals surface area contributed by atoms with Crippen LogP contribution in [0.15, 0.2) is 71.8 Å². The van der Waals surface area contributed by atoms with Crippen molar-refractivity contribution >= 4 is 23.7 Å². The maximum Gasteiger partial charge on any atom is 0.255 e. The van der Waals surface area contributed by atoms with Crippen LogP contribution in [-0.4, -0.2) is 28.4 Å². The van der Waals surface area contributed by atoms with Crippen LogP contribution >= 0.6 is 0 Å². The second-order valence-electron chi connectivity index (χ2n) is 6.84. The lowest BCUT2D eigenvalue weighted by Crippen LogP contribution is -2.40. The third kappa shape index (κ3) is 3.80. The number of hydrogen-bond acceptors (Lipinski definition) is 4. The van der Waals surface area contributed by atoms with Crippen LogP contribution in [0.25, 0.3) is 5.69 Å². The summed E-state index contributed by atoms with van der Waals surface area (Å²) in [5.74, 6) is -0.370. The molecule has 1 fully saturated rings. The molecular formula is C22H20N4O3. The van der Waals surface area contributed by atoms with Gasteiger partial charge in [0.2, 0.25) is 12.3 Å². The molecule has 1 N–H and O–H groups in total. The second kappa shape index (κ2) is 8.10. The highest BCUT2D eigenvalue weighted by Gasteiger charge is 2.31. The van der Waals surface area contributed by atoms with Gasteiger partial charge in [-0.25, -0.2) is 0 Å². The minimum atomic E-state index is -0.353. The highest BCUT2D eigenvalue weighted by Crippen LogP contribution is 2.31. The molecule has 0 spiro atoms. The molecule has 3 aromatic rings. The first-order chi connectivity index (χ1) is 14.2. The van der Waals surface area contributed by atoms with Gasteiger partial charge in [-0.3, -0.25) is 23.9 Å². The molecule has 0 aliphatic carbocycles. The number of aromatic nitrogens is 2. The van der Waals surface area contributed by atoms with E-state index in [0.29, 0.717) is 30.8 Å². The molecule has 1 aromatic carbocycles. The summed E-state index contributed by atoms with van der Waals surface area (Å²) in [6.45, 7) is 0.631. The number of amides is 2. The van der Waals surface area contributed by atoms with Crippen molar-refractivity contribution in [2.45, 2.75) is 18.8 Å². The lowest BCUT2D eigenvalue weighted by atomic mass is 9.92. The van der Waals surface area contributed by atoms with E-state index in [4.69, 9.17) is 0 Å². The number of anilines is 2. The molecule has 0 radical (unpaired) electrons. The molecule has 146 valence electrons. The summed E-state index contributed by atoms with van der Waals surface area (Å²) in [6.07, 6.45) is 5.48. The number of hydrogen-bond donors (Lipinski definition) is 1. The zero-order valence-corrected chi connectivity index (χ0v) is 15.7. The highest BCUT2D eigenvalue weighted by molar-refractivity contribution is 5.98. The van der Waals surface area contributed by atoms with Crippen molar-refractivity contribution in [2.75, 3.05) is 16.8 Å². The molecule has 7 heteroatoms. The number of nitrogens with one attached hydrogen (secondary N) is 1. The summed E-state index contributed by atoms with van der Waals surface area (Å²) in [5, 5.41) is 2.60. The third-order valence-corrected chi connectivity index (χ3v) is 5.06. The predicted octanol–water partition coefficient (Wildman–Crippen LogP) is 2.71. The van der Waals surface area contributed by atoms with E-state index in [1.165, 1.54) is 6.07 Å². The number of nitrogens with zero attached hydrogens (tertiary/aromatic N) is 3. The monoisotopic (exact) mass is 388 g/mol. The van der Waals surface area contributed by atoms with Gasteiger partial charge in [0.1, 0.15) is 0 Å². The van der Waals surface area contributed by atoms with Crippen molar-refractivity contribution in [2.24, 2.45) is 0 Å². The van der Waals surface area contributed by atoms with Crippen molar-refractivity contribution in [3.8, 4) is 5.69 Å². The standard InChI is InChI=1S/C22H20N4O3/c27-15-24-16-10-11-23-20(14-16)19-4-3-13-26(22(19)29)18-8-6-17(7-9-18)25-12-2-1-5-21(25)28/h1-2,5-12,14-15,19H,3-4,13H2,(H,23,24,27). The van der Waals surface area contributed by atoms with Gasteiger partial charge in [-0.1, -0.05) is 6.07 Å². The Labute approximate surface area is 167 Å². The van der Waals surface area contributed by atoms with E-state index >= 15 is 0 Å². The molecular weight excluding hydrogens is 368 g/mol. The van der Waals surface area contributed by atoms with E-state index in [1.807, 2.05) is 24.3 Å². The maximum atomic E-state index is 13.1. The zero-order chi connectivity index (χ0) is 20.2. The van der Waals surface area contributed by atoms with E-state index in [-0.39, 0.29) is 17.4 Å². The minimum absolute atomic E-state index is 0.0170. The summed E-state index contributed by atoms with van der Waals surface area (Å²) in [5.41, 5.74) is 2.69. The van der Waals surface area contributed by atoms with E-state index in [1.54, 1.807) is 46.1 Å². The number of carbonyl (C=O) groups excluding carboxylic acids is 2. The van der Waals surface area contributed by atoms with Gasteiger partial charge in [0.05, 0.1) is 11.6 Å².